The Kier molecular flexibility index (Phi) is 3.18. The Morgan fingerprint density at radius 3 is 2.50 bits per heavy atom. The molecule has 4 aromatic rings. The van der Waals surface area contributed by atoms with Crippen LogP contribution in [0.25, 0.3) is 27.1 Å². The lowest BCUT2D eigenvalue weighted by atomic mass is 10.2. The van der Waals surface area contributed by atoms with E-state index in [0.717, 1.165) is 21.4 Å². The first-order chi connectivity index (χ1) is 10.6. The van der Waals surface area contributed by atoms with Crippen LogP contribution >= 0.6 is 34.5 Å². The Bertz CT molecular complexity index is 968. The van der Waals surface area contributed by atoms with Crippen molar-refractivity contribution in [3.05, 3.63) is 46.2 Å². The van der Waals surface area contributed by atoms with Crippen LogP contribution in [0.15, 0.2) is 34.7 Å². The molecule has 3 aromatic heterocycles. The van der Waals surface area contributed by atoms with Gasteiger partial charge in [0.25, 0.3) is 0 Å². The first-order valence-electron chi connectivity index (χ1n) is 6.36. The molecule has 0 saturated carbocycles. The van der Waals surface area contributed by atoms with Gasteiger partial charge >= 0.3 is 0 Å². The van der Waals surface area contributed by atoms with Crippen LogP contribution in [-0.4, -0.2) is 19.8 Å². The van der Waals surface area contributed by atoms with E-state index in [2.05, 4.69) is 15.3 Å². The average molecular weight is 351 g/mol. The summed E-state index contributed by atoms with van der Waals surface area (Å²) in [5.74, 6) is 2.09. The van der Waals surface area contributed by atoms with Gasteiger partial charge in [-0.05, 0) is 37.3 Å². The number of fused-ring (bicyclic) bond motifs is 1. The van der Waals surface area contributed by atoms with Crippen LogP contribution in [0.2, 0.25) is 10.0 Å². The van der Waals surface area contributed by atoms with Crippen molar-refractivity contribution < 1.29 is 4.42 Å². The maximum Gasteiger partial charge on any atom is 0.235 e. The highest BCUT2D eigenvalue weighted by atomic mass is 35.5. The number of rotatable bonds is 2. The van der Waals surface area contributed by atoms with Gasteiger partial charge in [-0.3, -0.25) is 0 Å². The summed E-state index contributed by atoms with van der Waals surface area (Å²) in [7, 11) is 0. The van der Waals surface area contributed by atoms with Crippen molar-refractivity contribution in [2.75, 3.05) is 0 Å². The zero-order chi connectivity index (χ0) is 15.3. The number of aryl methyl sites for hydroxylation is 1. The molecule has 110 valence electrons. The number of aromatic nitrogens is 4. The fourth-order valence-electron chi connectivity index (χ4n) is 2.12. The van der Waals surface area contributed by atoms with Crippen molar-refractivity contribution >= 4 is 39.5 Å². The SMILES string of the molecule is Cc1nnc2sc(-c3ccc(-c4cc(Cl)cc(Cl)c4)o3)nn12. The molecule has 0 aliphatic heterocycles. The molecule has 5 nitrogen and oxygen atoms in total. The van der Waals surface area contributed by atoms with Crippen molar-refractivity contribution in [2.45, 2.75) is 6.92 Å². The van der Waals surface area contributed by atoms with Crippen LogP contribution in [0.1, 0.15) is 5.82 Å². The minimum atomic E-state index is 0.565. The van der Waals surface area contributed by atoms with Gasteiger partial charge in [-0.2, -0.15) is 4.52 Å². The summed E-state index contributed by atoms with van der Waals surface area (Å²) < 4.78 is 7.57. The Balaban J connectivity index is 1.77. The van der Waals surface area contributed by atoms with E-state index in [1.165, 1.54) is 11.3 Å². The number of benzene rings is 1. The second-order valence-electron chi connectivity index (χ2n) is 4.67. The molecule has 0 bridgehead atoms. The second-order valence-corrected chi connectivity index (χ2v) is 6.50. The molecule has 0 amide bonds. The molecule has 0 N–H and O–H groups in total. The van der Waals surface area contributed by atoms with E-state index in [9.17, 15) is 0 Å². The Hall–Kier alpha value is -1.89. The third-order valence-corrected chi connectivity index (χ3v) is 4.46. The zero-order valence-corrected chi connectivity index (χ0v) is 13.6. The summed E-state index contributed by atoms with van der Waals surface area (Å²) in [6, 6.07) is 9.03. The van der Waals surface area contributed by atoms with Crippen LogP contribution in [0.3, 0.4) is 0 Å². The van der Waals surface area contributed by atoms with Crippen LogP contribution < -0.4 is 0 Å². The van der Waals surface area contributed by atoms with Gasteiger partial charge in [0.2, 0.25) is 4.96 Å². The second kappa shape index (κ2) is 5.08. The lowest BCUT2D eigenvalue weighted by Gasteiger charge is -1.99. The number of halogens is 2. The predicted octanol–water partition coefficient (Wildman–Crippen LogP) is 4.73. The molecule has 0 aliphatic carbocycles. The highest BCUT2D eigenvalue weighted by Crippen LogP contribution is 2.33. The minimum absolute atomic E-state index is 0.565. The zero-order valence-electron chi connectivity index (χ0n) is 11.2. The van der Waals surface area contributed by atoms with Crippen molar-refractivity contribution in [1.29, 1.82) is 0 Å². The molecule has 0 spiro atoms. The van der Waals surface area contributed by atoms with E-state index in [4.69, 9.17) is 27.6 Å². The van der Waals surface area contributed by atoms with Gasteiger partial charge in [0, 0.05) is 15.6 Å². The van der Waals surface area contributed by atoms with Crippen molar-refractivity contribution in [3.8, 4) is 22.1 Å². The first-order valence-corrected chi connectivity index (χ1v) is 7.93. The predicted molar refractivity (Wildman–Crippen MR) is 86.6 cm³/mol. The molecule has 8 heteroatoms. The monoisotopic (exact) mass is 350 g/mol. The molecule has 1 aromatic carbocycles. The quantitative estimate of drug-likeness (QED) is 0.524. The van der Waals surface area contributed by atoms with E-state index < -0.39 is 0 Å². The number of nitrogens with zero attached hydrogens (tertiary/aromatic N) is 4. The van der Waals surface area contributed by atoms with Gasteiger partial charge in [-0.25, -0.2) is 0 Å². The topological polar surface area (TPSA) is 56.2 Å². The van der Waals surface area contributed by atoms with Gasteiger partial charge < -0.3 is 4.42 Å². The van der Waals surface area contributed by atoms with E-state index in [0.29, 0.717) is 21.6 Å². The summed E-state index contributed by atoms with van der Waals surface area (Å²) in [5.41, 5.74) is 0.822. The van der Waals surface area contributed by atoms with E-state index >= 15 is 0 Å². The lowest BCUT2D eigenvalue weighted by Crippen LogP contribution is -1.87. The lowest BCUT2D eigenvalue weighted by molar-refractivity contribution is 0.595. The highest BCUT2D eigenvalue weighted by Gasteiger charge is 2.14. The summed E-state index contributed by atoms with van der Waals surface area (Å²) >= 11 is 13.5. The molecule has 0 fully saturated rings. The fourth-order valence-corrected chi connectivity index (χ4v) is 3.49. The third kappa shape index (κ3) is 2.29. The number of furan rings is 1. The first kappa shape index (κ1) is 13.8. The van der Waals surface area contributed by atoms with Gasteiger partial charge in [0.1, 0.15) is 5.76 Å². The Morgan fingerprint density at radius 1 is 1.05 bits per heavy atom. The minimum Gasteiger partial charge on any atom is -0.453 e. The molecule has 0 aliphatic rings. The van der Waals surface area contributed by atoms with Gasteiger partial charge in [-0.1, -0.05) is 34.5 Å². The highest BCUT2D eigenvalue weighted by molar-refractivity contribution is 7.19. The molecule has 0 atom stereocenters. The summed E-state index contributed by atoms with van der Waals surface area (Å²) in [6.07, 6.45) is 0. The number of hydrogen-bond donors (Lipinski definition) is 0. The van der Waals surface area contributed by atoms with Crippen LogP contribution in [0, 0.1) is 6.92 Å². The molecule has 0 radical (unpaired) electrons. The van der Waals surface area contributed by atoms with Crippen molar-refractivity contribution in [3.63, 3.8) is 0 Å². The maximum atomic E-state index is 6.03. The third-order valence-electron chi connectivity index (χ3n) is 3.11. The molecule has 3 heterocycles. The molecule has 0 saturated heterocycles. The number of hydrogen-bond acceptors (Lipinski definition) is 5. The Labute approximate surface area is 139 Å². The summed E-state index contributed by atoms with van der Waals surface area (Å²) in [5, 5.41) is 14.3. The van der Waals surface area contributed by atoms with Crippen molar-refractivity contribution in [1.82, 2.24) is 19.8 Å². The Morgan fingerprint density at radius 2 is 1.77 bits per heavy atom. The van der Waals surface area contributed by atoms with E-state index in [-0.39, 0.29) is 0 Å². The molecule has 22 heavy (non-hydrogen) atoms. The largest absolute Gasteiger partial charge is 0.453 e. The van der Waals surface area contributed by atoms with Gasteiger partial charge in [0.05, 0.1) is 0 Å². The molecular formula is C14H8Cl2N4OS. The molecule has 4 rings (SSSR count). The molecular weight excluding hydrogens is 343 g/mol. The van der Waals surface area contributed by atoms with Crippen molar-refractivity contribution in [2.24, 2.45) is 0 Å². The van der Waals surface area contributed by atoms with Crippen LogP contribution in [-0.2, 0) is 0 Å². The fraction of sp³-hybridized carbons (Fsp3) is 0.0714. The van der Waals surface area contributed by atoms with Crippen LogP contribution in [0.4, 0.5) is 0 Å². The standard InChI is InChI=1S/C14H8Cl2N4OS/c1-7-17-18-14-20(7)19-13(22-14)12-3-2-11(21-12)8-4-9(15)6-10(16)5-8/h2-6H,1H3. The molecule has 0 unspecified atom stereocenters. The maximum absolute atomic E-state index is 6.03. The van der Waals surface area contributed by atoms with Gasteiger partial charge in [-0.15, -0.1) is 15.3 Å². The van der Waals surface area contributed by atoms with Gasteiger partial charge in [0.15, 0.2) is 16.6 Å². The average Bonchev–Trinajstić information content (AvgIpc) is 3.15. The summed E-state index contributed by atoms with van der Waals surface area (Å²) in [4.78, 5) is 0.733. The van der Waals surface area contributed by atoms with Crippen LogP contribution in [0.5, 0.6) is 0 Å². The smallest absolute Gasteiger partial charge is 0.235 e. The normalized spacial score (nSPS) is 11.4. The summed E-state index contributed by atoms with van der Waals surface area (Å²) in [6.45, 7) is 1.85. The van der Waals surface area contributed by atoms with E-state index in [1.807, 2.05) is 19.1 Å². The van der Waals surface area contributed by atoms with E-state index in [1.54, 1.807) is 22.7 Å².